The van der Waals surface area contributed by atoms with Crippen molar-refractivity contribution in [2.45, 2.75) is 6.92 Å². The number of hydrogen-bond donors (Lipinski definition) is 0. The van der Waals surface area contributed by atoms with Crippen molar-refractivity contribution in [3.8, 4) is 0 Å². The Bertz CT molecular complexity index is 179. The maximum atomic E-state index is 10.6. The fourth-order valence-electron chi connectivity index (χ4n) is 0.884. The summed E-state index contributed by atoms with van der Waals surface area (Å²) in [4.78, 5) is 20.8. The standard InChI is InChI=1S/C6H8O4.Li/c1-3-4(5(7)8)2-10-6(3)9;/h3-4H,2H2,1H3,(H,7,8);/q;+1/p-1/t3-,4+;/m1./s1. The number of aliphatic carboxylic acids is 1. The van der Waals surface area contributed by atoms with Gasteiger partial charge in [0.15, 0.2) is 0 Å². The minimum absolute atomic E-state index is 0. The molecule has 0 saturated carbocycles. The van der Waals surface area contributed by atoms with Crippen LogP contribution in [0.4, 0.5) is 0 Å². The zero-order valence-electron chi connectivity index (χ0n) is 6.49. The molecule has 0 N–H and O–H groups in total. The van der Waals surface area contributed by atoms with Gasteiger partial charge in [-0.05, 0) is 0 Å². The van der Waals surface area contributed by atoms with Gasteiger partial charge in [0.05, 0.1) is 5.92 Å². The Hall–Kier alpha value is -0.463. The van der Waals surface area contributed by atoms with Crippen molar-refractivity contribution in [1.29, 1.82) is 0 Å². The summed E-state index contributed by atoms with van der Waals surface area (Å²) in [5.41, 5.74) is 0. The number of ether oxygens (including phenoxy) is 1. The fourth-order valence-corrected chi connectivity index (χ4v) is 0.884. The van der Waals surface area contributed by atoms with E-state index in [1.807, 2.05) is 0 Å². The predicted molar refractivity (Wildman–Crippen MR) is 28.6 cm³/mol. The smallest absolute Gasteiger partial charge is 0.550 e. The van der Waals surface area contributed by atoms with Crippen LogP contribution in [0.25, 0.3) is 0 Å². The first-order valence-corrected chi connectivity index (χ1v) is 3.00. The third kappa shape index (κ3) is 1.98. The van der Waals surface area contributed by atoms with E-state index in [0.717, 1.165) is 0 Å². The summed E-state index contributed by atoms with van der Waals surface area (Å²) in [6, 6.07) is 0. The van der Waals surface area contributed by atoms with Gasteiger partial charge in [-0.2, -0.15) is 0 Å². The summed E-state index contributed by atoms with van der Waals surface area (Å²) >= 11 is 0. The number of rotatable bonds is 1. The average molecular weight is 150 g/mol. The van der Waals surface area contributed by atoms with E-state index in [2.05, 4.69) is 4.74 Å². The van der Waals surface area contributed by atoms with Gasteiger partial charge in [0.1, 0.15) is 6.61 Å². The number of carboxylic acid groups (broad SMARTS) is 1. The molecule has 1 heterocycles. The van der Waals surface area contributed by atoms with E-state index < -0.39 is 23.8 Å². The quantitative estimate of drug-likeness (QED) is 0.279. The molecular weight excluding hydrogens is 143 g/mol. The van der Waals surface area contributed by atoms with Gasteiger partial charge in [0, 0.05) is 11.9 Å². The molecule has 1 aliphatic heterocycles. The number of cyclic esters (lactones) is 1. The van der Waals surface area contributed by atoms with Crippen LogP contribution in [0.3, 0.4) is 0 Å². The molecule has 0 aromatic rings. The van der Waals surface area contributed by atoms with Gasteiger partial charge in [0.25, 0.3) is 0 Å². The van der Waals surface area contributed by atoms with E-state index in [9.17, 15) is 14.7 Å². The van der Waals surface area contributed by atoms with Crippen LogP contribution in [0.15, 0.2) is 0 Å². The number of hydrogen-bond acceptors (Lipinski definition) is 4. The molecule has 1 saturated heterocycles. The van der Waals surface area contributed by atoms with Gasteiger partial charge in [-0.25, -0.2) is 0 Å². The zero-order valence-corrected chi connectivity index (χ0v) is 6.49. The van der Waals surface area contributed by atoms with Crippen molar-refractivity contribution in [2.24, 2.45) is 11.8 Å². The molecule has 0 spiro atoms. The van der Waals surface area contributed by atoms with E-state index in [4.69, 9.17) is 0 Å². The van der Waals surface area contributed by atoms with Gasteiger partial charge in [0.2, 0.25) is 0 Å². The Morgan fingerprint density at radius 2 is 2.27 bits per heavy atom. The van der Waals surface area contributed by atoms with Gasteiger partial charge in [-0.1, -0.05) is 6.92 Å². The van der Waals surface area contributed by atoms with Crippen LogP contribution in [0.5, 0.6) is 0 Å². The van der Waals surface area contributed by atoms with Crippen molar-refractivity contribution in [3.63, 3.8) is 0 Å². The number of carbonyl (C=O) groups is 2. The molecule has 1 aliphatic rings. The van der Waals surface area contributed by atoms with Crippen LogP contribution in [-0.4, -0.2) is 18.5 Å². The molecule has 0 bridgehead atoms. The monoisotopic (exact) mass is 150 g/mol. The minimum atomic E-state index is -1.21. The molecule has 0 aliphatic carbocycles. The number of carbonyl (C=O) groups excluding carboxylic acids is 2. The molecule has 4 nitrogen and oxygen atoms in total. The van der Waals surface area contributed by atoms with Crippen molar-refractivity contribution >= 4 is 11.9 Å². The Labute approximate surface area is 76.1 Å². The normalized spacial score (nSPS) is 29.0. The molecule has 5 heteroatoms. The van der Waals surface area contributed by atoms with Crippen LogP contribution in [-0.2, 0) is 14.3 Å². The van der Waals surface area contributed by atoms with E-state index >= 15 is 0 Å². The number of esters is 1. The maximum absolute atomic E-state index is 10.6. The van der Waals surface area contributed by atoms with Crippen LogP contribution >= 0.6 is 0 Å². The molecule has 11 heavy (non-hydrogen) atoms. The summed E-state index contributed by atoms with van der Waals surface area (Å²) in [5, 5.41) is 10.2. The SMILES string of the molecule is C[C@H]1C(=O)OC[C@@H]1C(=O)[O-].[Li+]. The first-order valence-electron chi connectivity index (χ1n) is 3.00. The van der Waals surface area contributed by atoms with Gasteiger partial charge in [-0.15, -0.1) is 0 Å². The fraction of sp³-hybridized carbons (Fsp3) is 0.667. The van der Waals surface area contributed by atoms with Crippen LogP contribution < -0.4 is 24.0 Å². The van der Waals surface area contributed by atoms with E-state index in [-0.39, 0.29) is 25.5 Å². The van der Waals surface area contributed by atoms with E-state index in [1.54, 1.807) is 0 Å². The third-order valence-electron chi connectivity index (χ3n) is 1.68. The molecule has 0 aromatic carbocycles. The summed E-state index contributed by atoms with van der Waals surface area (Å²) < 4.78 is 4.48. The van der Waals surface area contributed by atoms with Crippen LogP contribution in [0.1, 0.15) is 6.92 Å². The number of carboxylic acids is 1. The van der Waals surface area contributed by atoms with Crippen molar-refractivity contribution in [2.75, 3.05) is 6.61 Å². The second-order valence-corrected chi connectivity index (χ2v) is 2.34. The second kappa shape index (κ2) is 3.79. The Balaban J connectivity index is 0.000001000. The molecule has 2 atom stereocenters. The molecule has 56 valence electrons. The molecule has 0 aromatic heterocycles. The summed E-state index contributed by atoms with van der Waals surface area (Å²) in [5.74, 6) is -2.97. The Kier molecular flexibility index (Phi) is 3.63. The summed E-state index contributed by atoms with van der Waals surface area (Å²) in [7, 11) is 0. The summed E-state index contributed by atoms with van der Waals surface area (Å²) in [6.45, 7) is 1.48. The Morgan fingerprint density at radius 1 is 1.73 bits per heavy atom. The molecule has 1 fully saturated rings. The molecule has 1 rings (SSSR count). The van der Waals surface area contributed by atoms with Gasteiger partial charge < -0.3 is 14.6 Å². The first kappa shape index (κ1) is 10.5. The molecular formula is C6H7LiO4. The molecule has 0 unspecified atom stereocenters. The van der Waals surface area contributed by atoms with Crippen molar-refractivity contribution in [1.82, 2.24) is 0 Å². The summed E-state index contributed by atoms with van der Waals surface area (Å²) in [6.07, 6.45) is 0. The first-order chi connectivity index (χ1) is 4.63. The Morgan fingerprint density at radius 3 is 2.45 bits per heavy atom. The topological polar surface area (TPSA) is 66.4 Å². The maximum Gasteiger partial charge on any atom is 1.00 e. The van der Waals surface area contributed by atoms with Crippen molar-refractivity contribution < 1.29 is 38.3 Å². The van der Waals surface area contributed by atoms with E-state index in [1.165, 1.54) is 6.92 Å². The van der Waals surface area contributed by atoms with Crippen molar-refractivity contribution in [3.05, 3.63) is 0 Å². The van der Waals surface area contributed by atoms with Crippen LogP contribution in [0.2, 0.25) is 0 Å². The predicted octanol–water partition coefficient (Wildman–Crippen LogP) is -4.45. The minimum Gasteiger partial charge on any atom is -0.550 e. The van der Waals surface area contributed by atoms with Gasteiger partial charge >= 0.3 is 24.8 Å². The van der Waals surface area contributed by atoms with E-state index in [0.29, 0.717) is 0 Å². The molecule has 0 radical (unpaired) electrons. The third-order valence-corrected chi connectivity index (χ3v) is 1.68. The largest absolute Gasteiger partial charge is 1.00 e. The van der Waals surface area contributed by atoms with Gasteiger partial charge in [-0.3, -0.25) is 4.79 Å². The zero-order chi connectivity index (χ0) is 7.72. The van der Waals surface area contributed by atoms with Crippen LogP contribution in [0, 0.1) is 11.8 Å². The average Bonchev–Trinajstić information content (AvgIpc) is 2.14. The second-order valence-electron chi connectivity index (χ2n) is 2.34. The molecule has 0 amide bonds.